The summed E-state index contributed by atoms with van der Waals surface area (Å²) in [6.07, 6.45) is -0.758. The van der Waals surface area contributed by atoms with Crippen LogP contribution in [0.3, 0.4) is 0 Å². The highest BCUT2D eigenvalue weighted by Crippen LogP contribution is 2.32. The van der Waals surface area contributed by atoms with Gasteiger partial charge in [0.25, 0.3) is 0 Å². The predicted molar refractivity (Wildman–Crippen MR) is 120 cm³/mol. The first-order valence-corrected chi connectivity index (χ1v) is 10.4. The van der Waals surface area contributed by atoms with Crippen LogP contribution in [0.2, 0.25) is 5.02 Å². The highest BCUT2D eigenvalue weighted by molar-refractivity contribution is 6.31. The topological polar surface area (TPSA) is 77.8 Å². The van der Waals surface area contributed by atoms with Crippen LogP contribution >= 0.6 is 11.6 Å². The highest BCUT2D eigenvalue weighted by Gasteiger charge is 2.26. The van der Waals surface area contributed by atoms with Crippen molar-refractivity contribution in [2.45, 2.75) is 40.3 Å². The summed E-state index contributed by atoms with van der Waals surface area (Å²) in [4.78, 5) is 24.1. The number of carboxylic acid groups (broad SMARTS) is 1. The van der Waals surface area contributed by atoms with Crippen LogP contribution in [0, 0.1) is 19.8 Å². The van der Waals surface area contributed by atoms with Crippen molar-refractivity contribution in [3.8, 4) is 5.75 Å². The normalized spacial score (nSPS) is 12.2. The minimum absolute atomic E-state index is 0.0933. The molecule has 0 amide bonds. The molecular formula is C24H26ClNO5. The van der Waals surface area contributed by atoms with Crippen LogP contribution in [-0.4, -0.2) is 34.8 Å². The summed E-state index contributed by atoms with van der Waals surface area (Å²) in [6, 6.07) is 10.9. The standard InChI is InChI=1S/C24H26ClNO5/c1-13(2)22(24(29)30-5)31-17-9-10-18(25)16(11-17)12-26-19-8-6-7-14(3)20(19)15(4)21(26)23(27)28/h6-11,13,22H,12H2,1-5H3,(H,27,28). The smallest absolute Gasteiger partial charge is 0.352 e. The van der Waals surface area contributed by atoms with Gasteiger partial charge >= 0.3 is 11.9 Å². The number of hydrogen-bond acceptors (Lipinski definition) is 4. The minimum Gasteiger partial charge on any atom is -0.478 e. The molecule has 6 nitrogen and oxygen atoms in total. The van der Waals surface area contributed by atoms with Crippen molar-refractivity contribution < 1.29 is 24.2 Å². The van der Waals surface area contributed by atoms with Crippen LogP contribution in [0.15, 0.2) is 36.4 Å². The zero-order chi connectivity index (χ0) is 22.9. The van der Waals surface area contributed by atoms with Gasteiger partial charge in [0.05, 0.1) is 13.7 Å². The molecule has 7 heteroatoms. The monoisotopic (exact) mass is 443 g/mol. The van der Waals surface area contributed by atoms with Crippen molar-refractivity contribution >= 4 is 34.4 Å². The molecule has 0 aliphatic heterocycles. The molecule has 0 radical (unpaired) electrons. The molecule has 3 rings (SSSR count). The fourth-order valence-corrected chi connectivity index (χ4v) is 4.06. The van der Waals surface area contributed by atoms with E-state index in [0.717, 1.165) is 22.0 Å². The zero-order valence-corrected chi connectivity index (χ0v) is 19.0. The van der Waals surface area contributed by atoms with Gasteiger partial charge in [0.1, 0.15) is 11.4 Å². The number of aromatic nitrogens is 1. The number of rotatable bonds is 7. The third-order valence-electron chi connectivity index (χ3n) is 5.39. The molecule has 0 bridgehead atoms. The largest absolute Gasteiger partial charge is 0.478 e. The molecule has 0 fully saturated rings. The molecule has 0 saturated heterocycles. The summed E-state index contributed by atoms with van der Waals surface area (Å²) in [7, 11) is 1.32. The number of carboxylic acids is 1. The highest BCUT2D eigenvalue weighted by atomic mass is 35.5. The molecular weight excluding hydrogens is 418 g/mol. The fourth-order valence-electron chi connectivity index (χ4n) is 3.88. The molecule has 0 saturated carbocycles. The van der Waals surface area contributed by atoms with E-state index in [0.29, 0.717) is 16.3 Å². The number of esters is 1. The summed E-state index contributed by atoms with van der Waals surface area (Å²) in [6.45, 7) is 7.77. The molecule has 1 N–H and O–H groups in total. The summed E-state index contributed by atoms with van der Waals surface area (Å²) >= 11 is 6.45. The quantitative estimate of drug-likeness (QED) is 0.505. The summed E-state index contributed by atoms with van der Waals surface area (Å²) < 4.78 is 12.5. The van der Waals surface area contributed by atoms with E-state index in [-0.39, 0.29) is 18.2 Å². The second-order valence-corrected chi connectivity index (χ2v) is 8.30. The fraction of sp³-hybridized carbons (Fsp3) is 0.333. The van der Waals surface area contributed by atoms with Gasteiger partial charge < -0.3 is 19.1 Å². The van der Waals surface area contributed by atoms with Gasteiger partial charge in [-0.2, -0.15) is 0 Å². The molecule has 31 heavy (non-hydrogen) atoms. The third kappa shape index (κ3) is 4.39. The Kier molecular flexibility index (Phi) is 6.60. The zero-order valence-electron chi connectivity index (χ0n) is 18.2. The van der Waals surface area contributed by atoms with Crippen LogP contribution < -0.4 is 4.74 Å². The maximum atomic E-state index is 12.1. The lowest BCUT2D eigenvalue weighted by Crippen LogP contribution is -2.33. The lowest BCUT2D eigenvalue weighted by atomic mass is 10.1. The Balaban J connectivity index is 2.06. The first-order chi connectivity index (χ1) is 14.6. The second-order valence-electron chi connectivity index (χ2n) is 7.89. The molecule has 1 unspecified atom stereocenters. The number of nitrogens with zero attached hydrogens (tertiary/aromatic N) is 1. The van der Waals surface area contributed by atoms with E-state index in [4.69, 9.17) is 21.1 Å². The van der Waals surface area contributed by atoms with Crippen LogP contribution in [-0.2, 0) is 16.1 Å². The van der Waals surface area contributed by atoms with Crippen molar-refractivity contribution in [2.24, 2.45) is 5.92 Å². The van der Waals surface area contributed by atoms with Crippen molar-refractivity contribution in [1.29, 1.82) is 0 Å². The van der Waals surface area contributed by atoms with Crippen molar-refractivity contribution in [3.63, 3.8) is 0 Å². The summed E-state index contributed by atoms with van der Waals surface area (Å²) in [5.41, 5.74) is 3.47. The molecule has 3 aromatic rings. The van der Waals surface area contributed by atoms with E-state index in [2.05, 4.69) is 0 Å². The van der Waals surface area contributed by atoms with E-state index in [1.54, 1.807) is 22.8 Å². The molecule has 1 atom stereocenters. The van der Waals surface area contributed by atoms with Gasteiger partial charge in [-0.25, -0.2) is 9.59 Å². The van der Waals surface area contributed by atoms with E-state index in [1.165, 1.54) is 7.11 Å². The first-order valence-electron chi connectivity index (χ1n) is 10.00. The van der Waals surface area contributed by atoms with Crippen LogP contribution in [0.5, 0.6) is 5.75 Å². The van der Waals surface area contributed by atoms with E-state index >= 15 is 0 Å². The SMILES string of the molecule is COC(=O)C(Oc1ccc(Cl)c(Cn2c(C(=O)O)c(C)c3c(C)cccc32)c1)C(C)C. The number of aromatic carboxylic acids is 1. The third-order valence-corrected chi connectivity index (χ3v) is 5.76. The number of fused-ring (bicyclic) bond motifs is 1. The second kappa shape index (κ2) is 9.02. The maximum Gasteiger partial charge on any atom is 0.352 e. The van der Waals surface area contributed by atoms with E-state index in [9.17, 15) is 14.7 Å². The Labute approximate surface area is 186 Å². The van der Waals surface area contributed by atoms with Gasteiger partial charge in [0.15, 0.2) is 6.10 Å². The Hall–Kier alpha value is -2.99. The molecule has 0 spiro atoms. The Bertz CT molecular complexity index is 1150. The molecule has 0 aliphatic rings. The van der Waals surface area contributed by atoms with Crippen LogP contribution in [0.25, 0.3) is 10.9 Å². The average molecular weight is 444 g/mol. The molecule has 164 valence electrons. The Morgan fingerprint density at radius 3 is 2.48 bits per heavy atom. The van der Waals surface area contributed by atoms with Crippen molar-refractivity contribution in [2.75, 3.05) is 7.11 Å². The summed E-state index contributed by atoms with van der Waals surface area (Å²) in [5, 5.41) is 11.3. The lowest BCUT2D eigenvalue weighted by Gasteiger charge is -2.21. The van der Waals surface area contributed by atoms with Gasteiger partial charge in [0.2, 0.25) is 0 Å². The van der Waals surface area contributed by atoms with Gasteiger partial charge in [0, 0.05) is 21.8 Å². The first kappa shape index (κ1) is 22.7. The lowest BCUT2D eigenvalue weighted by molar-refractivity contribution is -0.150. The van der Waals surface area contributed by atoms with Gasteiger partial charge in [-0.05, 0) is 54.8 Å². The van der Waals surface area contributed by atoms with Crippen LogP contribution in [0.1, 0.15) is 41.0 Å². The molecule has 0 aliphatic carbocycles. The number of carbonyl (C=O) groups is 2. The Morgan fingerprint density at radius 1 is 1.16 bits per heavy atom. The van der Waals surface area contributed by atoms with Gasteiger partial charge in [-0.15, -0.1) is 0 Å². The van der Waals surface area contributed by atoms with E-state index < -0.39 is 18.0 Å². The predicted octanol–water partition coefficient (Wildman–Crippen LogP) is 5.23. The molecule has 2 aromatic carbocycles. The van der Waals surface area contributed by atoms with Crippen molar-refractivity contribution in [3.05, 3.63) is 63.8 Å². The average Bonchev–Trinajstić information content (AvgIpc) is 3.00. The number of benzene rings is 2. The number of hydrogen-bond donors (Lipinski definition) is 1. The number of ether oxygens (including phenoxy) is 2. The van der Waals surface area contributed by atoms with E-state index in [1.807, 2.05) is 45.9 Å². The summed E-state index contributed by atoms with van der Waals surface area (Å²) in [5.74, 6) is -1.08. The number of halogens is 1. The molecule has 1 heterocycles. The van der Waals surface area contributed by atoms with Gasteiger partial charge in [-0.3, -0.25) is 0 Å². The number of carbonyl (C=O) groups excluding carboxylic acids is 1. The Morgan fingerprint density at radius 2 is 1.87 bits per heavy atom. The minimum atomic E-state index is -0.998. The van der Waals surface area contributed by atoms with Gasteiger partial charge in [-0.1, -0.05) is 37.6 Å². The number of methoxy groups -OCH3 is 1. The number of aryl methyl sites for hydroxylation is 2. The maximum absolute atomic E-state index is 12.1. The molecule has 1 aromatic heterocycles. The van der Waals surface area contributed by atoms with Crippen LogP contribution in [0.4, 0.5) is 0 Å². The van der Waals surface area contributed by atoms with Crippen molar-refractivity contribution in [1.82, 2.24) is 4.57 Å².